The van der Waals surface area contributed by atoms with Crippen molar-refractivity contribution in [3.05, 3.63) is 23.3 Å². The number of ether oxygens (including phenoxy) is 1. The molecule has 0 saturated heterocycles. The van der Waals surface area contributed by atoms with Gasteiger partial charge in [-0.3, -0.25) is 4.79 Å². The maximum atomic E-state index is 11.4. The molecule has 2 rings (SSSR count). The molecule has 0 fully saturated rings. The lowest BCUT2D eigenvalue weighted by atomic mass is 10.1. The molecular weight excluding hydrogens is 178 g/mol. The fourth-order valence-electron chi connectivity index (χ4n) is 1.86. The molecule has 0 bridgehead atoms. The van der Waals surface area contributed by atoms with E-state index < -0.39 is 0 Å². The first-order valence-electron chi connectivity index (χ1n) is 4.80. The second-order valence-electron chi connectivity index (χ2n) is 3.40. The van der Waals surface area contributed by atoms with E-state index in [9.17, 15) is 4.79 Å². The third-order valence-corrected chi connectivity index (χ3v) is 2.44. The van der Waals surface area contributed by atoms with Crippen LogP contribution in [0.2, 0.25) is 0 Å². The van der Waals surface area contributed by atoms with Gasteiger partial charge in [0.15, 0.2) is 5.78 Å². The largest absolute Gasteiger partial charge is 0.494 e. The Morgan fingerprint density at radius 2 is 2.21 bits per heavy atom. The maximum absolute atomic E-state index is 11.4. The predicted octanol–water partition coefficient (Wildman–Crippen LogP) is 1.80. The Balaban J connectivity index is 2.46. The van der Waals surface area contributed by atoms with Crippen LogP contribution in [-0.2, 0) is 6.42 Å². The van der Waals surface area contributed by atoms with Crippen molar-refractivity contribution >= 4 is 11.5 Å². The van der Waals surface area contributed by atoms with Crippen LogP contribution < -0.4 is 10.5 Å². The molecule has 3 nitrogen and oxygen atoms in total. The zero-order chi connectivity index (χ0) is 10.1. The number of ketones is 1. The summed E-state index contributed by atoms with van der Waals surface area (Å²) in [5, 5.41) is 0. The first-order chi connectivity index (χ1) is 6.72. The van der Waals surface area contributed by atoms with E-state index in [1.165, 1.54) is 0 Å². The summed E-state index contributed by atoms with van der Waals surface area (Å²) in [5.41, 5.74) is 8.07. The summed E-state index contributed by atoms with van der Waals surface area (Å²) in [6.45, 7) is 2.54. The Hall–Kier alpha value is -1.51. The van der Waals surface area contributed by atoms with Crippen molar-refractivity contribution in [2.75, 3.05) is 12.3 Å². The number of aryl methyl sites for hydroxylation is 1. The molecule has 0 radical (unpaired) electrons. The number of anilines is 1. The molecule has 1 aliphatic carbocycles. The number of nitrogens with two attached hydrogens (primary N) is 1. The summed E-state index contributed by atoms with van der Waals surface area (Å²) in [5.74, 6) is 0.916. The summed E-state index contributed by atoms with van der Waals surface area (Å²) in [6.07, 6.45) is 1.37. The topological polar surface area (TPSA) is 52.3 Å². The summed E-state index contributed by atoms with van der Waals surface area (Å²) in [4.78, 5) is 11.4. The van der Waals surface area contributed by atoms with Crippen LogP contribution in [0.25, 0.3) is 0 Å². The number of benzene rings is 1. The molecule has 74 valence electrons. The Morgan fingerprint density at radius 3 is 2.93 bits per heavy atom. The van der Waals surface area contributed by atoms with Crippen LogP contribution in [0.15, 0.2) is 12.1 Å². The summed E-state index contributed by atoms with van der Waals surface area (Å²) >= 11 is 0. The zero-order valence-corrected chi connectivity index (χ0v) is 8.17. The molecule has 0 heterocycles. The monoisotopic (exact) mass is 191 g/mol. The van der Waals surface area contributed by atoms with Crippen LogP contribution in [0.5, 0.6) is 5.75 Å². The molecule has 0 spiro atoms. The molecule has 0 amide bonds. The average molecular weight is 191 g/mol. The van der Waals surface area contributed by atoms with Gasteiger partial charge in [-0.25, -0.2) is 0 Å². The number of fused-ring (bicyclic) bond motifs is 1. The van der Waals surface area contributed by atoms with E-state index in [-0.39, 0.29) is 5.78 Å². The number of nitrogen functional groups attached to an aromatic ring is 1. The Kier molecular flexibility index (Phi) is 2.15. The van der Waals surface area contributed by atoms with Crippen LogP contribution in [0.1, 0.15) is 29.3 Å². The van der Waals surface area contributed by atoms with Crippen molar-refractivity contribution in [3.63, 3.8) is 0 Å². The quantitative estimate of drug-likeness (QED) is 0.725. The maximum Gasteiger partial charge on any atom is 0.165 e. The number of hydrogen-bond acceptors (Lipinski definition) is 3. The molecule has 0 aliphatic heterocycles. The van der Waals surface area contributed by atoms with Gasteiger partial charge < -0.3 is 10.5 Å². The van der Waals surface area contributed by atoms with Crippen molar-refractivity contribution in [3.8, 4) is 5.75 Å². The number of Topliss-reactive ketones (excluding diaryl/α,β-unsaturated/α-hetero) is 1. The normalized spacial score (nSPS) is 14.2. The van der Waals surface area contributed by atoms with Crippen molar-refractivity contribution in [1.82, 2.24) is 0 Å². The van der Waals surface area contributed by atoms with Gasteiger partial charge in [-0.05, 0) is 25.0 Å². The average Bonchev–Trinajstić information content (AvgIpc) is 2.48. The lowest BCUT2D eigenvalue weighted by Crippen LogP contribution is -2.01. The first kappa shape index (κ1) is 9.06. The van der Waals surface area contributed by atoms with E-state index in [0.717, 1.165) is 17.7 Å². The summed E-state index contributed by atoms with van der Waals surface area (Å²) in [6, 6.07) is 3.64. The highest BCUT2D eigenvalue weighted by atomic mass is 16.5. The van der Waals surface area contributed by atoms with Gasteiger partial charge in [-0.15, -0.1) is 0 Å². The van der Waals surface area contributed by atoms with Crippen molar-refractivity contribution in [2.45, 2.75) is 19.8 Å². The zero-order valence-electron chi connectivity index (χ0n) is 8.17. The second kappa shape index (κ2) is 3.33. The van der Waals surface area contributed by atoms with Gasteiger partial charge in [0.25, 0.3) is 0 Å². The van der Waals surface area contributed by atoms with Gasteiger partial charge >= 0.3 is 0 Å². The van der Waals surface area contributed by atoms with E-state index in [1.54, 1.807) is 6.07 Å². The van der Waals surface area contributed by atoms with Gasteiger partial charge in [-0.1, -0.05) is 0 Å². The minimum absolute atomic E-state index is 0.153. The molecule has 0 saturated carbocycles. The molecule has 0 atom stereocenters. The highest BCUT2D eigenvalue weighted by Crippen LogP contribution is 2.31. The van der Waals surface area contributed by atoms with Crippen molar-refractivity contribution in [2.24, 2.45) is 0 Å². The molecule has 0 aromatic heterocycles. The molecule has 14 heavy (non-hydrogen) atoms. The third kappa shape index (κ3) is 1.35. The predicted molar refractivity (Wildman–Crippen MR) is 54.7 cm³/mol. The van der Waals surface area contributed by atoms with E-state index in [4.69, 9.17) is 10.5 Å². The standard InChI is InChI=1S/C11H13NO2/c1-2-14-8-5-7-3-4-10(13)11(7)9(12)6-8/h5-6H,2-4,12H2,1H3. The molecule has 1 aromatic rings. The SMILES string of the molecule is CCOc1cc(N)c2c(c1)CCC2=O. The molecular formula is C11H13NO2. The van der Waals surface area contributed by atoms with E-state index >= 15 is 0 Å². The van der Waals surface area contributed by atoms with Crippen LogP contribution in [0.4, 0.5) is 5.69 Å². The van der Waals surface area contributed by atoms with Crippen LogP contribution in [0.3, 0.4) is 0 Å². The van der Waals surface area contributed by atoms with Gasteiger partial charge in [0, 0.05) is 23.7 Å². The second-order valence-corrected chi connectivity index (χ2v) is 3.40. The van der Waals surface area contributed by atoms with Crippen LogP contribution >= 0.6 is 0 Å². The highest BCUT2D eigenvalue weighted by molar-refractivity contribution is 6.05. The fraction of sp³-hybridized carbons (Fsp3) is 0.364. The number of rotatable bonds is 2. The minimum Gasteiger partial charge on any atom is -0.494 e. The van der Waals surface area contributed by atoms with Gasteiger partial charge in [0.1, 0.15) is 5.75 Å². The Labute approximate surface area is 82.9 Å². The Morgan fingerprint density at radius 1 is 1.43 bits per heavy atom. The third-order valence-electron chi connectivity index (χ3n) is 2.44. The number of carbonyl (C=O) groups is 1. The molecule has 0 unspecified atom stereocenters. The van der Waals surface area contributed by atoms with Crippen molar-refractivity contribution < 1.29 is 9.53 Å². The summed E-state index contributed by atoms with van der Waals surface area (Å²) in [7, 11) is 0. The Bertz CT molecular complexity index is 385. The number of hydrogen-bond donors (Lipinski definition) is 1. The van der Waals surface area contributed by atoms with E-state index in [2.05, 4.69) is 0 Å². The van der Waals surface area contributed by atoms with Crippen molar-refractivity contribution in [1.29, 1.82) is 0 Å². The van der Waals surface area contributed by atoms with E-state index in [1.807, 2.05) is 13.0 Å². The molecule has 1 aromatic carbocycles. The minimum atomic E-state index is 0.153. The fourth-order valence-corrected chi connectivity index (χ4v) is 1.86. The van der Waals surface area contributed by atoms with Gasteiger partial charge in [0.2, 0.25) is 0 Å². The van der Waals surface area contributed by atoms with Crippen LogP contribution in [-0.4, -0.2) is 12.4 Å². The first-order valence-corrected chi connectivity index (χ1v) is 4.80. The lowest BCUT2D eigenvalue weighted by Gasteiger charge is -2.07. The van der Waals surface area contributed by atoms with Crippen LogP contribution in [0, 0.1) is 0 Å². The highest BCUT2D eigenvalue weighted by Gasteiger charge is 2.22. The van der Waals surface area contributed by atoms with E-state index in [0.29, 0.717) is 24.3 Å². The molecule has 1 aliphatic rings. The lowest BCUT2D eigenvalue weighted by molar-refractivity contribution is 0.0995. The van der Waals surface area contributed by atoms with Gasteiger partial charge in [-0.2, -0.15) is 0 Å². The summed E-state index contributed by atoms with van der Waals surface area (Å²) < 4.78 is 5.36. The van der Waals surface area contributed by atoms with Gasteiger partial charge in [0.05, 0.1) is 6.61 Å². The molecule has 2 N–H and O–H groups in total. The smallest absolute Gasteiger partial charge is 0.165 e. The number of carbonyl (C=O) groups excluding carboxylic acids is 1. The molecule has 3 heteroatoms.